The summed E-state index contributed by atoms with van der Waals surface area (Å²) in [5.74, 6) is 0. The lowest BCUT2D eigenvalue weighted by atomic mass is 10.1. The quantitative estimate of drug-likeness (QED) is 0.873. The number of hydrogen-bond donors (Lipinski definition) is 2. The Morgan fingerprint density at radius 1 is 1.00 bits per heavy atom. The van der Waals surface area contributed by atoms with E-state index in [0.29, 0.717) is 0 Å². The van der Waals surface area contributed by atoms with Gasteiger partial charge in [-0.15, -0.1) is 0 Å². The Kier molecular flexibility index (Phi) is 5.58. The Morgan fingerprint density at radius 3 is 2.21 bits per heavy atom. The Hall–Kier alpha value is -2.38. The maximum atomic E-state index is 12.3. The third kappa shape index (κ3) is 4.12. The fraction of sp³-hybridized carbons (Fsp3) is 0.235. The highest BCUT2D eigenvalue weighted by molar-refractivity contribution is 7.89. The number of urea groups is 1. The summed E-state index contributed by atoms with van der Waals surface area (Å²) in [5, 5.41) is 5.41. The topological polar surface area (TPSA) is 78.5 Å². The zero-order chi connectivity index (χ0) is 17.7. The van der Waals surface area contributed by atoms with Gasteiger partial charge in [-0.3, -0.25) is 0 Å². The first-order chi connectivity index (χ1) is 11.3. The van der Waals surface area contributed by atoms with Crippen molar-refractivity contribution in [1.29, 1.82) is 0 Å². The average molecular weight is 347 g/mol. The molecule has 2 aromatic carbocycles. The molecule has 0 aliphatic carbocycles. The van der Waals surface area contributed by atoms with E-state index >= 15 is 0 Å². The van der Waals surface area contributed by atoms with Gasteiger partial charge in [-0.25, -0.2) is 17.5 Å². The second kappa shape index (κ2) is 7.46. The van der Waals surface area contributed by atoms with Crippen LogP contribution < -0.4 is 10.6 Å². The number of anilines is 1. The molecule has 0 heterocycles. The standard InChI is InChI=1S/C17H21N3O3S/c1-13(14-9-5-4-6-10-14)18-17(21)19-15-11-7-8-12-16(15)24(22,23)20(2)3/h4-13H,1-3H3,(H2,18,19,21). The van der Waals surface area contributed by atoms with E-state index < -0.39 is 16.1 Å². The van der Waals surface area contributed by atoms with Crippen molar-refractivity contribution in [3.8, 4) is 0 Å². The number of nitrogens with zero attached hydrogens (tertiary/aromatic N) is 1. The van der Waals surface area contributed by atoms with E-state index in [2.05, 4.69) is 10.6 Å². The van der Waals surface area contributed by atoms with Crippen LogP contribution in [0.5, 0.6) is 0 Å². The van der Waals surface area contributed by atoms with Gasteiger partial charge >= 0.3 is 6.03 Å². The fourth-order valence-corrected chi connectivity index (χ4v) is 3.21. The van der Waals surface area contributed by atoms with Crippen molar-refractivity contribution in [3.63, 3.8) is 0 Å². The minimum absolute atomic E-state index is 0.0533. The molecular formula is C17H21N3O3S. The first-order valence-electron chi connectivity index (χ1n) is 7.46. The normalized spacial score (nSPS) is 12.7. The molecule has 0 radical (unpaired) electrons. The van der Waals surface area contributed by atoms with Gasteiger partial charge in [0.25, 0.3) is 0 Å². The van der Waals surface area contributed by atoms with Crippen molar-refractivity contribution in [2.45, 2.75) is 17.9 Å². The summed E-state index contributed by atoms with van der Waals surface area (Å²) in [6.07, 6.45) is 0. The smallest absolute Gasteiger partial charge is 0.319 e. The largest absolute Gasteiger partial charge is 0.331 e. The molecule has 1 unspecified atom stereocenters. The van der Waals surface area contributed by atoms with Crippen LogP contribution in [-0.2, 0) is 10.0 Å². The Balaban J connectivity index is 2.16. The highest BCUT2D eigenvalue weighted by Gasteiger charge is 2.22. The molecule has 0 aliphatic rings. The summed E-state index contributed by atoms with van der Waals surface area (Å²) in [7, 11) is -0.747. The molecule has 0 fully saturated rings. The molecule has 2 rings (SSSR count). The molecule has 7 heteroatoms. The molecule has 6 nitrogen and oxygen atoms in total. The van der Waals surface area contributed by atoms with Gasteiger partial charge in [-0.2, -0.15) is 0 Å². The van der Waals surface area contributed by atoms with E-state index in [4.69, 9.17) is 0 Å². The molecule has 24 heavy (non-hydrogen) atoms. The van der Waals surface area contributed by atoms with Gasteiger partial charge in [0, 0.05) is 14.1 Å². The number of benzene rings is 2. The van der Waals surface area contributed by atoms with Gasteiger partial charge < -0.3 is 10.6 Å². The van der Waals surface area contributed by atoms with E-state index in [1.165, 1.54) is 20.2 Å². The highest BCUT2D eigenvalue weighted by Crippen LogP contribution is 2.23. The van der Waals surface area contributed by atoms with Gasteiger partial charge in [0.1, 0.15) is 4.90 Å². The van der Waals surface area contributed by atoms with Crippen LogP contribution in [0, 0.1) is 0 Å². The maximum Gasteiger partial charge on any atom is 0.319 e. The predicted molar refractivity (Wildman–Crippen MR) is 94.3 cm³/mol. The molecule has 0 spiro atoms. The molecule has 1 atom stereocenters. The fourth-order valence-electron chi connectivity index (χ4n) is 2.17. The van der Waals surface area contributed by atoms with Crippen molar-refractivity contribution in [2.24, 2.45) is 0 Å². The molecule has 128 valence electrons. The molecule has 2 amide bonds. The van der Waals surface area contributed by atoms with Crippen molar-refractivity contribution in [3.05, 3.63) is 60.2 Å². The summed E-state index contributed by atoms with van der Waals surface area (Å²) in [6.45, 7) is 1.86. The third-order valence-electron chi connectivity index (χ3n) is 3.54. The number of hydrogen-bond acceptors (Lipinski definition) is 3. The summed E-state index contributed by atoms with van der Waals surface area (Å²) in [5.41, 5.74) is 1.20. The van der Waals surface area contributed by atoms with Gasteiger partial charge in [-0.05, 0) is 24.6 Å². The number of carbonyl (C=O) groups excluding carboxylic acids is 1. The molecule has 2 N–H and O–H groups in total. The second-order valence-corrected chi connectivity index (χ2v) is 7.63. The van der Waals surface area contributed by atoms with Gasteiger partial charge in [0.05, 0.1) is 11.7 Å². The molecule has 0 saturated carbocycles. The van der Waals surface area contributed by atoms with Crippen LogP contribution in [0.25, 0.3) is 0 Å². The summed E-state index contributed by atoms with van der Waals surface area (Å²) >= 11 is 0. The number of amides is 2. The molecule has 0 aliphatic heterocycles. The second-order valence-electron chi connectivity index (χ2n) is 5.51. The predicted octanol–water partition coefficient (Wildman–Crippen LogP) is 2.82. The molecular weight excluding hydrogens is 326 g/mol. The average Bonchev–Trinajstić information content (AvgIpc) is 2.55. The van der Waals surface area contributed by atoms with E-state index in [9.17, 15) is 13.2 Å². The van der Waals surface area contributed by atoms with Crippen LogP contribution in [-0.4, -0.2) is 32.8 Å². The van der Waals surface area contributed by atoms with Crippen LogP contribution in [0.15, 0.2) is 59.5 Å². The number of para-hydroxylation sites is 1. The maximum absolute atomic E-state index is 12.3. The Morgan fingerprint density at radius 2 is 1.58 bits per heavy atom. The van der Waals surface area contributed by atoms with Gasteiger partial charge in [0.15, 0.2) is 0 Å². The first-order valence-corrected chi connectivity index (χ1v) is 8.90. The zero-order valence-electron chi connectivity index (χ0n) is 13.9. The highest BCUT2D eigenvalue weighted by atomic mass is 32.2. The van der Waals surface area contributed by atoms with Gasteiger partial charge in [0.2, 0.25) is 10.0 Å². The molecule has 0 bridgehead atoms. The first kappa shape index (κ1) is 18.0. The lowest BCUT2D eigenvalue weighted by Crippen LogP contribution is -2.32. The minimum atomic E-state index is -3.64. The number of nitrogens with one attached hydrogen (secondary N) is 2. The SMILES string of the molecule is CC(NC(=O)Nc1ccccc1S(=O)(=O)N(C)C)c1ccccc1. The Labute approximate surface area is 142 Å². The lowest BCUT2D eigenvalue weighted by molar-refractivity contribution is 0.249. The Bertz CT molecular complexity index is 805. The number of carbonyl (C=O) groups is 1. The van der Waals surface area contributed by atoms with E-state index in [1.807, 2.05) is 37.3 Å². The summed E-state index contributed by atoms with van der Waals surface area (Å²) in [4.78, 5) is 12.3. The lowest BCUT2D eigenvalue weighted by Gasteiger charge is -2.18. The number of rotatable bonds is 5. The van der Waals surface area contributed by atoms with Crippen molar-refractivity contribution in [2.75, 3.05) is 19.4 Å². The van der Waals surface area contributed by atoms with Gasteiger partial charge in [-0.1, -0.05) is 42.5 Å². The summed E-state index contributed by atoms with van der Waals surface area (Å²) < 4.78 is 25.8. The van der Waals surface area contributed by atoms with E-state index in [-0.39, 0.29) is 16.6 Å². The van der Waals surface area contributed by atoms with E-state index in [1.54, 1.807) is 18.2 Å². The van der Waals surface area contributed by atoms with Crippen LogP contribution >= 0.6 is 0 Å². The van der Waals surface area contributed by atoms with Crippen LogP contribution in [0.4, 0.5) is 10.5 Å². The monoisotopic (exact) mass is 347 g/mol. The molecule has 0 saturated heterocycles. The van der Waals surface area contributed by atoms with Crippen LogP contribution in [0.1, 0.15) is 18.5 Å². The third-order valence-corrected chi connectivity index (χ3v) is 5.41. The van der Waals surface area contributed by atoms with E-state index in [0.717, 1.165) is 9.87 Å². The number of sulfonamides is 1. The molecule has 0 aromatic heterocycles. The van der Waals surface area contributed by atoms with Crippen molar-refractivity contribution >= 4 is 21.7 Å². The van der Waals surface area contributed by atoms with Crippen LogP contribution in [0.3, 0.4) is 0 Å². The summed E-state index contributed by atoms with van der Waals surface area (Å²) in [6, 6.07) is 15.2. The van der Waals surface area contributed by atoms with Crippen LogP contribution in [0.2, 0.25) is 0 Å². The minimum Gasteiger partial charge on any atom is -0.331 e. The van der Waals surface area contributed by atoms with Crippen molar-refractivity contribution < 1.29 is 13.2 Å². The van der Waals surface area contributed by atoms with Crippen molar-refractivity contribution in [1.82, 2.24) is 9.62 Å². The zero-order valence-corrected chi connectivity index (χ0v) is 14.7. The molecule has 2 aromatic rings.